The molecule has 1 N–H and O–H groups in total. The third kappa shape index (κ3) is 2.85. The maximum Gasteiger partial charge on any atom is 0.265 e. The highest BCUT2D eigenvalue weighted by atomic mass is 79.9. The quantitative estimate of drug-likeness (QED) is 0.672. The summed E-state index contributed by atoms with van der Waals surface area (Å²) in [6.07, 6.45) is 4.63. The normalized spacial score (nSPS) is 22.4. The van der Waals surface area contributed by atoms with Crippen molar-refractivity contribution in [2.24, 2.45) is 5.92 Å². The van der Waals surface area contributed by atoms with Gasteiger partial charge in [0, 0.05) is 21.6 Å². The number of hydrogen-bond acceptors (Lipinski definition) is 3. The summed E-state index contributed by atoms with van der Waals surface area (Å²) in [5, 5.41) is 3.75. The number of amides is 1. The molecule has 0 atom stereocenters. The van der Waals surface area contributed by atoms with E-state index in [1.807, 2.05) is 6.07 Å². The van der Waals surface area contributed by atoms with Gasteiger partial charge in [-0.3, -0.25) is 14.2 Å². The van der Waals surface area contributed by atoms with Crippen LogP contribution in [0.25, 0.3) is 11.0 Å². The Hall–Kier alpha value is -2.54. The Labute approximate surface area is 168 Å². The summed E-state index contributed by atoms with van der Waals surface area (Å²) in [5.74, 6) is 0.0553. The second-order valence-corrected chi connectivity index (χ2v) is 8.77. The van der Waals surface area contributed by atoms with Gasteiger partial charge in [-0.25, -0.2) is 9.37 Å². The summed E-state index contributed by atoms with van der Waals surface area (Å²) in [6, 6.07) is 9.40. The highest BCUT2D eigenvalue weighted by Gasteiger charge is 2.57. The average Bonchev–Trinajstić information content (AvgIpc) is 2.60. The van der Waals surface area contributed by atoms with Gasteiger partial charge in [0.05, 0.1) is 6.54 Å². The van der Waals surface area contributed by atoms with Crippen LogP contribution in [0.15, 0.2) is 51.9 Å². The summed E-state index contributed by atoms with van der Waals surface area (Å²) in [7, 11) is 0. The molecular weight excluding hydrogens is 425 g/mol. The number of hydrogen-bond donors (Lipinski definition) is 1. The van der Waals surface area contributed by atoms with Crippen LogP contribution in [-0.4, -0.2) is 21.0 Å². The zero-order valence-corrected chi connectivity index (χ0v) is 16.5. The molecule has 2 bridgehead atoms. The Bertz CT molecular complexity index is 1160. The second-order valence-electron chi connectivity index (χ2n) is 7.85. The van der Waals surface area contributed by atoms with Crippen LogP contribution in [0.2, 0.25) is 0 Å². The SMILES string of the molecule is O=C(NC12CC(C1)C2)c1cc2cc(Br)cnc2n(Cc2ccc(F)cc2)c1=O. The summed E-state index contributed by atoms with van der Waals surface area (Å²) >= 11 is 3.40. The molecule has 0 saturated heterocycles. The first-order valence-corrected chi connectivity index (χ1v) is 9.98. The number of rotatable bonds is 4. The molecule has 1 aromatic carbocycles. The van der Waals surface area contributed by atoms with E-state index in [-0.39, 0.29) is 29.4 Å². The van der Waals surface area contributed by atoms with Crippen molar-refractivity contribution in [2.75, 3.05) is 0 Å². The largest absolute Gasteiger partial charge is 0.346 e. The molecule has 2 heterocycles. The van der Waals surface area contributed by atoms with E-state index in [0.29, 0.717) is 11.0 Å². The topological polar surface area (TPSA) is 64.0 Å². The van der Waals surface area contributed by atoms with E-state index in [4.69, 9.17) is 0 Å². The fourth-order valence-corrected chi connectivity index (χ4v) is 4.61. The van der Waals surface area contributed by atoms with Crippen LogP contribution in [0.5, 0.6) is 0 Å². The van der Waals surface area contributed by atoms with Gasteiger partial charge in [-0.2, -0.15) is 0 Å². The Morgan fingerprint density at radius 1 is 1.25 bits per heavy atom. The predicted octanol–water partition coefficient (Wildman–Crippen LogP) is 3.63. The van der Waals surface area contributed by atoms with Gasteiger partial charge in [0.2, 0.25) is 0 Å². The Balaban J connectivity index is 1.59. The molecule has 0 unspecified atom stereocenters. The fraction of sp³-hybridized carbons (Fsp3) is 0.286. The van der Waals surface area contributed by atoms with Crippen molar-refractivity contribution in [1.29, 1.82) is 0 Å². The molecule has 3 aromatic rings. The van der Waals surface area contributed by atoms with Gasteiger partial charge in [-0.15, -0.1) is 0 Å². The number of pyridine rings is 2. The van der Waals surface area contributed by atoms with E-state index < -0.39 is 5.56 Å². The maximum absolute atomic E-state index is 13.2. The van der Waals surface area contributed by atoms with E-state index in [2.05, 4.69) is 26.2 Å². The van der Waals surface area contributed by atoms with Crippen molar-refractivity contribution in [1.82, 2.24) is 14.9 Å². The van der Waals surface area contributed by atoms with Gasteiger partial charge in [0.25, 0.3) is 11.5 Å². The third-order valence-electron chi connectivity index (χ3n) is 5.81. The Kier molecular flexibility index (Phi) is 3.91. The van der Waals surface area contributed by atoms with Crippen LogP contribution in [-0.2, 0) is 6.54 Å². The monoisotopic (exact) mass is 441 g/mol. The van der Waals surface area contributed by atoms with Gasteiger partial charge in [-0.1, -0.05) is 12.1 Å². The number of carbonyl (C=O) groups excluding carboxylic acids is 1. The Morgan fingerprint density at radius 3 is 2.61 bits per heavy atom. The molecule has 0 aliphatic heterocycles. The number of nitrogens with zero attached hydrogens (tertiary/aromatic N) is 2. The van der Waals surface area contributed by atoms with E-state index in [9.17, 15) is 14.0 Å². The molecule has 7 heteroatoms. The van der Waals surface area contributed by atoms with E-state index >= 15 is 0 Å². The fourth-order valence-electron chi connectivity index (χ4n) is 4.26. The molecule has 0 radical (unpaired) electrons. The first-order chi connectivity index (χ1) is 13.4. The summed E-state index contributed by atoms with van der Waals surface area (Å²) < 4.78 is 15.5. The smallest absolute Gasteiger partial charge is 0.265 e. The third-order valence-corrected chi connectivity index (χ3v) is 6.24. The molecule has 28 heavy (non-hydrogen) atoms. The zero-order chi connectivity index (χ0) is 19.5. The molecule has 3 fully saturated rings. The van der Waals surface area contributed by atoms with Crippen molar-refractivity contribution < 1.29 is 9.18 Å². The number of aromatic nitrogens is 2. The molecule has 6 rings (SSSR count). The molecule has 0 spiro atoms. The summed E-state index contributed by atoms with van der Waals surface area (Å²) in [4.78, 5) is 30.4. The van der Waals surface area contributed by atoms with Gasteiger partial charge in [0.1, 0.15) is 17.0 Å². The van der Waals surface area contributed by atoms with Crippen molar-refractivity contribution in [3.8, 4) is 0 Å². The van der Waals surface area contributed by atoms with Crippen LogP contribution >= 0.6 is 15.9 Å². The van der Waals surface area contributed by atoms with E-state index in [0.717, 1.165) is 35.2 Å². The van der Waals surface area contributed by atoms with Crippen molar-refractivity contribution in [3.05, 3.63) is 74.4 Å². The first-order valence-electron chi connectivity index (χ1n) is 9.19. The highest BCUT2D eigenvalue weighted by molar-refractivity contribution is 9.10. The van der Waals surface area contributed by atoms with E-state index in [1.54, 1.807) is 24.4 Å². The molecule has 3 aliphatic carbocycles. The van der Waals surface area contributed by atoms with E-state index in [1.165, 1.54) is 16.7 Å². The lowest BCUT2D eigenvalue weighted by atomic mass is 9.50. The minimum atomic E-state index is -0.393. The molecule has 3 aliphatic rings. The molecule has 5 nitrogen and oxygen atoms in total. The summed E-state index contributed by atoms with van der Waals surface area (Å²) in [6.45, 7) is 0.207. The summed E-state index contributed by atoms with van der Waals surface area (Å²) in [5.41, 5.74) is 0.849. The zero-order valence-electron chi connectivity index (χ0n) is 14.9. The number of carbonyl (C=O) groups is 1. The van der Waals surface area contributed by atoms with Crippen molar-refractivity contribution >= 4 is 32.9 Å². The number of fused-ring (bicyclic) bond motifs is 1. The van der Waals surface area contributed by atoms with Crippen LogP contribution < -0.4 is 10.9 Å². The second kappa shape index (κ2) is 6.24. The van der Waals surface area contributed by atoms with Gasteiger partial charge in [-0.05, 0) is 70.9 Å². The number of benzene rings is 1. The maximum atomic E-state index is 13.2. The van der Waals surface area contributed by atoms with Crippen molar-refractivity contribution in [3.63, 3.8) is 0 Å². The van der Waals surface area contributed by atoms with Crippen LogP contribution in [0.4, 0.5) is 4.39 Å². The van der Waals surface area contributed by atoms with Crippen LogP contribution in [0.3, 0.4) is 0 Å². The standard InChI is InChI=1S/C21H17BrFN3O2/c22-15-5-14-6-17(19(27)25-21-7-13(8-21)9-21)20(28)26(18(14)24-10-15)11-12-1-3-16(23)4-2-12/h1-6,10,13H,7-9,11H2,(H,25,27). The molecule has 3 saturated carbocycles. The first kappa shape index (κ1) is 17.6. The lowest BCUT2D eigenvalue weighted by Gasteiger charge is -2.61. The molecule has 1 amide bonds. The van der Waals surface area contributed by atoms with Gasteiger partial charge >= 0.3 is 0 Å². The van der Waals surface area contributed by atoms with Crippen molar-refractivity contribution in [2.45, 2.75) is 31.3 Å². The molecule has 142 valence electrons. The average molecular weight is 442 g/mol. The minimum absolute atomic E-state index is 0.110. The lowest BCUT2D eigenvalue weighted by molar-refractivity contribution is -0.0438. The highest BCUT2D eigenvalue weighted by Crippen LogP contribution is 2.56. The molecular formula is C21H17BrFN3O2. The number of halogens is 2. The lowest BCUT2D eigenvalue weighted by Crippen LogP contribution is -2.68. The molecule has 2 aromatic heterocycles. The van der Waals surface area contributed by atoms with Crippen LogP contribution in [0, 0.1) is 11.7 Å². The van der Waals surface area contributed by atoms with Gasteiger partial charge < -0.3 is 5.32 Å². The van der Waals surface area contributed by atoms with Crippen LogP contribution in [0.1, 0.15) is 35.2 Å². The minimum Gasteiger partial charge on any atom is -0.346 e. The Morgan fingerprint density at radius 2 is 1.96 bits per heavy atom. The number of nitrogens with one attached hydrogen (secondary N) is 1. The van der Waals surface area contributed by atoms with Gasteiger partial charge in [0.15, 0.2) is 0 Å². The predicted molar refractivity (Wildman–Crippen MR) is 107 cm³/mol.